The molecular weight excluding hydrogens is 360 g/mol. The number of hydrogen-bond donors (Lipinski definition) is 2. The molecule has 5 heterocycles. The summed E-state index contributed by atoms with van der Waals surface area (Å²) in [4.78, 5) is 12.5. The number of fused-ring (bicyclic) bond motifs is 8. The van der Waals surface area contributed by atoms with E-state index in [9.17, 15) is 5.11 Å². The van der Waals surface area contributed by atoms with E-state index in [4.69, 9.17) is 1.37 Å². The second-order valence-corrected chi connectivity index (χ2v) is 6.95. The van der Waals surface area contributed by atoms with Gasteiger partial charge in [-0.3, -0.25) is 0 Å². The summed E-state index contributed by atoms with van der Waals surface area (Å²) in [5.74, 6) is 0.147. The molecule has 0 unspecified atom stereocenters. The fraction of sp³-hybridized carbons (Fsp3) is 0.0833. The molecule has 0 radical (unpaired) electrons. The maximum atomic E-state index is 10.4. The number of aromatic hydroxyl groups is 1. The van der Waals surface area contributed by atoms with Gasteiger partial charge in [-0.05, 0) is 67.1 Å². The number of aromatic amines is 1. The molecule has 0 saturated heterocycles. The highest BCUT2D eigenvalue weighted by molar-refractivity contribution is 5.83. The monoisotopic (exact) mass is 381 g/mol. The van der Waals surface area contributed by atoms with Crippen LogP contribution in [0.5, 0.6) is 5.75 Å². The van der Waals surface area contributed by atoms with E-state index in [2.05, 4.69) is 26.1 Å². The van der Waals surface area contributed by atoms with E-state index in [0.717, 1.165) is 44.9 Å². The third-order valence-electron chi connectivity index (χ3n) is 5.02. The summed E-state index contributed by atoms with van der Waals surface area (Å²) >= 11 is 0. The maximum Gasteiger partial charge on any atom is 0.141 e. The molecule has 2 N–H and O–H groups in total. The molecule has 29 heavy (non-hydrogen) atoms. The van der Waals surface area contributed by atoms with Gasteiger partial charge >= 0.3 is 0 Å². The molecule has 3 aromatic heterocycles. The molecule has 0 fully saturated rings. The molecule has 5 rings (SSSR count). The Hall–Kier alpha value is -3.86. The van der Waals surface area contributed by atoms with Crippen molar-refractivity contribution in [2.45, 2.75) is 13.5 Å². The third kappa shape index (κ3) is 3.06. The molecule has 5 heteroatoms. The molecule has 5 nitrogen and oxygen atoms in total. The number of nitrogens with one attached hydrogen (secondary N) is 1. The van der Waals surface area contributed by atoms with Crippen molar-refractivity contribution in [2.24, 2.45) is 0 Å². The van der Waals surface area contributed by atoms with Crippen molar-refractivity contribution >= 4 is 52.4 Å². The van der Waals surface area contributed by atoms with E-state index in [1.165, 1.54) is 0 Å². The van der Waals surface area contributed by atoms with Gasteiger partial charge in [0.15, 0.2) is 0 Å². The quantitative estimate of drug-likeness (QED) is 0.424. The Kier molecular flexibility index (Phi) is 3.69. The highest BCUT2D eigenvalue weighted by Gasteiger charge is 2.08. The van der Waals surface area contributed by atoms with E-state index in [0.29, 0.717) is 18.1 Å². The Balaban J connectivity index is 1.98. The molecular formula is C24H20N4O. The number of hydrogen-bond acceptors (Lipinski definition) is 3. The van der Waals surface area contributed by atoms with Gasteiger partial charge in [-0.1, -0.05) is 12.7 Å². The minimum atomic E-state index is 0.147. The second kappa shape index (κ2) is 6.63. The summed E-state index contributed by atoms with van der Waals surface area (Å²) in [6.07, 6.45) is 9.41. The van der Waals surface area contributed by atoms with Gasteiger partial charge in [0.05, 0.1) is 35.2 Å². The smallest absolute Gasteiger partial charge is 0.141 e. The van der Waals surface area contributed by atoms with Gasteiger partial charge in [0.1, 0.15) is 5.75 Å². The highest BCUT2D eigenvalue weighted by atomic mass is 16.3. The first kappa shape index (κ1) is 16.1. The zero-order valence-corrected chi connectivity index (χ0v) is 16.0. The predicted octanol–water partition coefficient (Wildman–Crippen LogP) is 5.50. The van der Waals surface area contributed by atoms with Crippen LogP contribution in [0.3, 0.4) is 0 Å². The summed E-state index contributed by atoms with van der Waals surface area (Å²) in [5.41, 5.74) is 6.82. The van der Waals surface area contributed by atoms with Crippen molar-refractivity contribution in [1.29, 1.82) is 0 Å². The fourth-order valence-corrected chi connectivity index (χ4v) is 3.68. The number of nitrogens with zero attached hydrogens (tertiary/aromatic N) is 3. The fourth-order valence-electron chi connectivity index (χ4n) is 3.68. The first-order chi connectivity index (χ1) is 14.6. The van der Waals surface area contributed by atoms with Crippen LogP contribution in [0.25, 0.3) is 52.4 Å². The molecule has 0 saturated carbocycles. The van der Waals surface area contributed by atoms with Crippen LogP contribution in [0.1, 0.15) is 36.6 Å². The number of aryl methyl sites for hydroxylation is 1. The van der Waals surface area contributed by atoms with Gasteiger partial charge in [-0.15, -0.1) is 0 Å². The third-order valence-corrected chi connectivity index (χ3v) is 5.02. The Bertz CT molecular complexity index is 1420. The zero-order chi connectivity index (χ0) is 20.8. The van der Waals surface area contributed by atoms with Crippen molar-refractivity contribution in [3.05, 3.63) is 71.3 Å². The standard InChI is InChI=1S/C24H20N4O/c1-3-15-9-21-11-18-7-5-16(25-18)10-17-6-8-19(26-17)12-22-24(29)14-20(27-22)13-23(15)28(21)4-2/h3,5-14,27,29H,1,4H2,2H3/i9D. The topological polar surface area (TPSA) is 66.7 Å². The Morgan fingerprint density at radius 2 is 1.69 bits per heavy atom. The van der Waals surface area contributed by atoms with Gasteiger partial charge in [0.25, 0.3) is 0 Å². The Labute approximate surface area is 169 Å². The van der Waals surface area contributed by atoms with Gasteiger partial charge in [0, 0.05) is 23.6 Å². The lowest BCUT2D eigenvalue weighted by Gasteiger charge is -2.01. The lowest BCUT2D eigenvalue weighted by atomic mass is 10.2. The summed E-state index contributed by atoms with van der Waals surface area (Å²) in [7, 11) is 0. The van der Waals surface area contributed by atoms with Crippen LogP contribution < -0.4 is 0 Å². The molecule has 0 spiro atoms. The summed E-state index contributed by atoms with van der Waals surface area (Å²) in [5, 5.41) is 10.4. The van der Waals surface area contributed by atoms with Crippen LogP contribution in [-0.2, 0) is 6.54 Å². The van der Waals surface area contributed by atoms with Crippen molar-refractivity contribution in [3.8, 4) is 5.75 Å². The second-order valence-electron chi connectivity index (χ2n) is 6.95. The minimum absolute atomic E-state index is 0.147. The van der Waals surface area contributed by atoms with Crippen molar-refractivity contribution in [2.75, 3.05) is 0 Å². The van der Waals surface area contributed by atoms with E-state index < -0.39 is 0 Å². The number of aromatic nitrogens is 4. The van der Waals surface area contributed by atoms with Crippen LogP contribution in [-0.4, -0.2) is 24.6 Å². The van der Waals surface area contributed by atoms with Crippen molar-refractivity contribution < 1.29 is 6.48 Å². The summed E-state index contributed by atoms with van der Waals surface area (Å²) in [6.45, 7) is 6.64. The molecule has 0 aromatic carbocycles. The van der Waals surface area contributed by atoms with Crippen LogP contribution in [0.4, 0.5) is 0 Å². The molecule has 0 aliphatic carbocycles. The van der Waals surface area contributed by atoms with Crippen LogP contribution in [0.2, 0.25) is 0 Å². The molecule has 2 aliphatic rings. The normalized spacial score (nSPS) is 12.9. The average molecular weight is 381 g/mol. The van der Waals surface area contributed by atoms with E-state index in [1.54, 1.807) is 12.1 Å². The predicted molar refractivity (Wildman–Crippen MR) is 120 cm³/mol. The van der Waals surface area contributed by atoms with E-state index in [-0.39, 0.29) is 5.75 Å². The lowest BCUT2D eigenvalue weighted by Crippen LogP contribution is -1.92. The van der Waals surface area contributed by atoms with E-state index in [1.807, 2.05) is 55.5 Å². The average Bonchev–Trinajstić information content (AvgIpc) is 3.47. The first-order valence-corrected chi connectivity index (χ1v) is 9.49. The van der Waals surface area contributed by atoms with Gasteiger partial charge < -0.3 is 14.7 Å². The summed E-state index contributed by atoms with van der Waals surface area (Å²) in [6, 6.07) is 9.66. The Morgan fingerprint density at radius 3 is 2.34 bits per heavy atom. The number of H-pyrrole nitrogens is 1. The number of rotatable bonds is 2. The van der Waals surface area contributed by atoms with Gasteiger partial charge in [0.2, 0.25) is 0 Å². The summed E-state index contributed by atoms with van der Waals surface area (Å²) < 4.78 is 10.8. The molecule has 0 amide bonds. The maximum absolute atomic E-state index is 10.4. The largest absolute Gasteiger partial charge is 0.506 e. The Morgan fingerprint density at radius 1 is 1.03 bits per heavy atom. The van der Waals surface area contributed by atoms with Gasteiger partial charge in [-0.2, -0.15) is 0 Å². The lowest BCUT2D eigenvalue weighted by molar-refractivity contribution is 0.482. The molecule has 3 aromatic rings. The zero-order valence-electron chi connectivity index (χ0n) is 17.0. The molecule has 8 bridgehead atoms. The minimum Gasteiger partial charge on any atom is -0.506 e. The molecule has 0 atom stereocenters. The highest BCUT2D eigenvalue weighted by Crippen LogP contribution is 2.25. The molecule has 142 valence electrons. The molecule has 2 aliphatic heterocycles. The van der Waals surface area contributed by atoms with Crippen molar-refractivity contribution in [1.82, 2.24) is 19.5 Å². The van der Waals surface area contributed by atoms with Crippen LogP contribution in [0.15, 0.2) is 43.0 Å². The van der Waals surface area contributed by atoms with Crippen molar-refractivity contribution in [3.63, 3.8) is 0 Å². The van der Waals surface area contributed by atoms with E-state index >= 15 is 0 Å². The van der Waals surface area contributed by atoms with Crippen LogP contribution >= 0.6 is 0 Å². The van der Waals surface area contributed by atoms with Crippen LogP contribution in [0, 0.1) is 0 Å². The SMILES string of the molecule is [2H]c1c(C=C)c2cc3cc(O)c(cc4nc(cc5nc(cc1n2CC)C=C5)C=C4)[nH]3. The van der Waals surface area contributed by atoms with Gasteiger partial charge in [-0.25, -0.2) is 9.97 Å². The first-order valence-electron chi connectivity index (χ1n) is 9.99.